The molecule has 0 radical (unpaired) electrons. The SMILES string of the molecule is CCOc1ccc(/C=c2/s/c(=C(\C#N)C(=O)N[C@H](C)c3ccccc3)n(-c3ccccc3)c2=O)cc1. The number of carbonyl (C=O) groups excluding carboxylic acids is 1. The maximum Gasteiger partial charge on any atom is 0.273 e. The average molecular weight is 496 g/mol. The van der Waals surface area contributed by atoms with Crippen LogP contribution in [0.5, 0.6) is 5.75 Å². The Morgan fingerprint density at radius 2 is 1.69 bits per heavy atom. The van der Waals surface area contributed by atoms with E-state index in [4.69, 9.17) is 4.74 Å². The molecule has 1 aromatic heterocycles. The molecule has 6 nitrogen and oxygen atoms in total. The van der Waals surface area contributed by atoms with E-state index in [0.29, 0.717) is 16.8 Å². The second kappa shape index (κ2) is 11.3. The van der Waals surface area contributed by atoms with Gasteiger partial charge in [-0.1, -0.05) is 60.7 Å². The van der Waals surface area contributed by atoms with E-state index in [1.807, 2.05) is 92.7 Å². The van der Waals surface area contributed by atoms with Crippen molar-refractivity contribution in [3.05, 3.63) is 116 Å². The van der Waals surface area contributed by atoms with Crippen LogP contribution in [0.2, 0.25) is 0 Å². The van der Waals surface area contributed by atoms with Crippen molar-refractivity contribution in [3.63, 3.8) is 0 Å². The summed E-state index contributed by atoms with van der Waals surface area (Å²) in [5.41, 5.74) is 1.89. The molecule has 1 heterocycles. The van der Waals surface area contributed by atoms with Gasteiger partial charge in [0.2, 0.25) is 0 Å². The van der Waals surface area contributed by atoms with Crippen molar-refractivity contribution in [1.82, 2.24) is 9.88 Å². The van der Waals surface area contributed by atoms with E-state index in [0.717, 1.165) is 28.2 Å². The summed E-state index contributed by atoms with van der Waals surface area (Å²) in [7, 11) is 0. The van der Waals surface area contributed by atoms with Crippen LogP contribution in [-0.4, -0.2) is 17.1 Å². The van der Waals surface area contributed by atoms with Gasteiger partial charge in [-0.15, -0.1) is 11.3 Å². The highest BCUT2D eigenvalue weighted by molar-refractivity contribution is 7.07. The number of rotatable bonds is 7. The van der Waals surface area contributed by atoms with E-state index in [1.165, 1.54) is 4.57 Å². The third kappa shape index (κ3) is 5.45. The number of amides is 1. The molecule has 4 rings (SSSR count). The van der Waals surface area contributed by atoms with Crippen LogP contribution in [0.3, 0.4) is 0 Å². The Balaban J connectivity index is 1.85. The fourth-order valence-electron chi connectivity index (χ4n) is 3.73. The molecule has 180 valence electrons. The van der Waals surface area contributed by atoms with E-state index in [-0.39, 0.29) is 21.8 Å². The summed E-state index contributed by atoms with van der Waals surface area (Å²) in [5.74, 6) is 0.208. The smallest absolute Gasteiger partial charge is 0.273 e. The first kappa shape index (κ1) is 24.7. The highest BCUT2D eigenvalue weighted by Crippen LogP contribution is 2.14. The number of nitriles is 1. The van der Waals surface area contributed by atoms with Crippen molar-refractivity contribution in [2.24, 2.45) is 0 Å². The Kier molecular flexibility index (Phi) is 7.79. The Morgan fingerprint density at radius 3 is 2.31 bits per heavy atom. The molecular weight excluding hydrogens is 470 g/mol. The number of carbonyl (C=O) groups is 1. The van der Waals surface area contributed by atoms with Gasteiger partial charge in [-0.2, -0.15) is 5.26 Å². The summed E-state index contributed by atoms with van der Waals surface area (Å²) in [6.07, 6.45) is 1.76. The van der Waals surface area contributed by atoms with Crippen molar-refractivity contribution < 1.29 is 9.53 Å². The molecule has 1 amide bonds. The van der Waals surface area contributed by atoms with Crippen molar-refractivity contribution >= 4 is 28.9 Å². The second-order valence-electron chi connectivity index (χ2n) is 7.99. The van der Waals surface area contributed by atoms with Crippen LogP contribution < -0.4 is 24.8 Å². The monoisotopic (exact) mass is 495 g/mol. The fourth-order valence-corrected chi connectivity index (χ4v) is 4.83. The zero-order valence-corrected chi connectivity index (χ0v) is 20.8. The molecule has 0 bridgehead atoms. The molecule has 0 saturated heterocycles. The van der Waals surface area contributed by atoms with Gasteiger partial charge in [-0.05, 0) is 55.3 Å². The van der Waals surface area contributed by atoms with E-state index < -0.39 is 5.91 Å². The van der Waals surface area contributed by atoms with Crippen LogP contribution >= 0.6 is 11.3 Å². The molecule has 0 saturated carbocycles. The minimum absolute atomic E-state index is 0.116. The summed E-state index contributed by atoms with van der Waals surface area (Å²) in [5, 5.41) is 12.9. The van der Waals surface area contributed by atoms with Crippen molar-refractivity contribution in [3.8, 4) is 17.5 Å². The van der Waals surface area contributed by atoms with E-state index in [1.54, 1.807) is 18.2 Å². The van der Waals surface area contributed by atoms with Gasteiger partial charge in [-0.25, -0.2) is 0 Å². The highest BCUT2D eigenvalue weighted by Gasteiger charge is 2.19. The number of nitrogens with one attached hydrogen (secondary N) is 1. The number of aromatic nitrogens is 1. The lowest BCUT2D eigenvalue weighted by Gasteiger charge is -2.13. The molecule has 0 spiro atoms. The maximum atomic E-state index is 13.5. The van der Waals surface area contributed by atoms with E-state index in [2.05, 4.69) is 5.32 Å². The molecule has 7 heteroatoms. The fraction of sp³-hybridized carbons (Fsp3) is 0.138. The molecule has 36 heavy (non-hydrogen) atoms. The molecule has 0 aliphatic rings. The molecular formula is C29H25N3O3S. The molecule has 0 fully saturated rings. The number of thiazole rings is 1. The number of benzene rings is 3. The predicted octanol–water partition coefficient (Wildman–Crippen LogP) is 3.68. The first-order chi connectivity index (χ1) is 17.5. The number of ether oxygens (including phenoxy) is 1. The first-order valence-electron chi connectivity index (χ1n) is 11.5. The lowest BCUT2D eigenvalue weighted by atomic mass is 10.1. The molecule has 1 N–H and O–H groups in total. The summed E-state index contributed by atoms with van der Waals surface area (Å²) >= 11 is 1.12. The summed E-state index contributed by atoms with van der Waals surface area (Å²) in [6.45, 7) is 4.34. The average Bonchev–Trinajstić information content (AvgIpc) is 3.22. The zero-order chi connectivity index (χ0) is 25.5. The van der Waals surface area contributed by atoms with Crippen molar-refractivity contribution in [2.45, 2.75) is 19.9 Å². The Bertz CT molecular complexity index is 1570. The van der Waals surface area contributed by atoms with Crippen LogP contribution in [0.15, 0.2) is 89.7 Å². The van der Waals surface area contributed by atoms with Crippen LogP contribution in [0.4, 0.5) is 0 Å². The van der Waals surface area contributed by atoms with Crippen LogP contribution in [-0.2, 0) is 4.79 Å². The normalized spacial score (nSPS) is 13.0. The second-order valence-corrected chi connectivity index (χ2v) is 9.02. The standard InChI is InChI=1S/C29H25N3O3S/c1-3-35-24-16-14-21(15-17-24)18-26-28(34)32(23-12-8-5-9-13-23)29(36-26)25(19-30)27(33)31-20(2)22-10-6-4-7-11-22/h4-18,20H,3H2,1-2H3,(H,31,33)/b26-18+,29-25+/t20-/m1/s1. The number of hydrogen-bond acceptors (Lipinski definition) is 5. The molecule has 3 aromatic carbocycles. The van der Waals surface area contributed by atoms with Gasteiger partial charge in [0, 0.05) is 0 Å². The Labute approximate surface area is 213 Å². The Morgan fingerprint density at radius 1 is 1.06 bits per heavy atom. The Hall–Kier alpha value is -4.41. The summed E-state index contributed by atoms with van der Waals surface area (Å²) < 4.78 is 7.61. The topological polar surface area (TPSA) is 84.1 Å². The molecule has 4 aromatic rings. The summed E-state index contributed by atoms with van der Waals surface area (Å²) in [6, 6.07) is 27.6. The third-order valence-corrected chi connectivity index (χ3v) is 6.62. The van der Waals surface area contributed by atoms with Crippen molar-refractivity contribution in [1.29, 1.82) is 5.26 Å². The van der Waals surface area contributed by atoms with Gasteiger partial charge in [0.15, 0.2) is 5.57 Å². The minimum atomic E-state index is -0.535. The van der Waals surface area contributed by atoms with Gasteiger partial charge >= 0.3 is 0 Å². The van der Waals surface area contributed by atoms with Crippen LogP contribution in [0.25, 0.3) is 17.3 Å². The van der Waals surface area contributed by atoms with E-state index in [9.17, 15) is 14.9 Å². The minimum Gasteiger partial charge on any atom is -0.494 e. The van der Waals surface area contributed by atoms with Gasteiger partial charge in [0.05, 0.1) is 22.9 Å². The molecule has 0 unspecified atom stereocenters. The van der Waals surface area contributed by atoms with Gasteiger partial charge < -0.3 is 10.1 Å². The van der Waals surface area contributed by atoms with Crippen molar-refractivity contribution in [2.75, 3.05) is 6.61 Å². The lowest BCUT2D eigenvalue weighted by molar-refractivity contribution is -0.116. The van der Waals surface area contributed by atoms with Crippen LogP contribution in [0.1, 0.15) is 31.0 Å². The van der Waals surface area contributed by atoms with Crippen LogP contribution in [0, 0.1) is 11.3 Å². The van der Waals surface area contributed by atoms with Gasteiger partial charge in [0.1, 0.15) is 16.5 Å². The number of nitrogens with zero attached hydrogens (tertiary/aromatic N) is 2. The molecule has 0 aliphatic carbocycles. The molecule has 0 aliphatic heterocycles. The molecule has 1 atom stereocenters. The van der Waals surface area contributed by atoms with Gasteiger partial charge in [0.25, 0.3) is 11.5 Å². The quantitative estimate of drug-likeness (QED) is 0.424. The zero-order valence-electron chi connectivity index (χ0n) is 20.0. The maximum absolute atomic E-state index is 13.5. The first-order valence-corrected chi connectivity index (χ1v) is 12.4. The van der Waals surface area contributed by atoms with E-state index >= 15 is 0 Å². The highest BCUT2D eigenvalue weighted by atomic mass is 32.1. The van der Waals surface area contributed by atoms with Gasteiger partial charge in [-0.3, -0.25) is 14.2 Å². The number of hydrogen-bond donors (Lipinski definition) is 1. The summed E-state index contributed by atoms with van der Waals surface area (Å²) in [4.78, 5) is 26.7. The third-order valence-electron chi connectivity index (χ3n) is 5.53. The predicted molar refractivity (Wildman–Crippen MR) is 142 cm³/mol. The largest absolute Gasteiger partial charge is 0.494 e. The number of para-hydroxylation sites is 1. The lowest BCUT2D eigenvalue weighted by Crippen LogP contribution is -2.34.